The van der Waals surface area contributed by atoms with Crippen molar-refractivity contribution in [3.8, 4) is 11.3 Å². The van der Waals surface area contributed by atoms with Gasteiger partial charge in [0.2, 0.25) is 6.41 Å². The van der Waals surface area contributed by atoms with Crippen LogP contribution in [0, 0.1) is 17.6 Å². The van der Waals surface area contributed by atoms with Crippen molar-refractivity contribution in [2.45, 2.75) is 26.7 Å². The number of nitrogens with one attached hydrogen (secondary N) is 1. The highest BCUT2D eigenvalue weighted by molar-refractivity contribution is 5.69. The summed E-state index contributed by atoms with van der Waals surface area (Å²) in [5, 5.41) is 2.80. The van der Waals surface area contributed by atoms with E-state index in [1.807, 2.05) is 19.9 Å². The molecule has 1 aliphatic heterocycles. The lowest BCUT2D eigenvalue weighted by Crippen LogP contribution is -2.45. The Labute approximate surface area is 193 Å². The second-order valence-corrected chi connectivity index (χ2v) is 7.14. The zero-order valence-corrected chi connectivity index (χ0v) is 19.1. The molecule has 3 heterocycles. The van der Waals surface area contributed by atoms with E-state index in [0.29, 0.717) is 23.1 Å². The third-order valence-electron chi connectivity index (χ3n) is 4.90. The van der Waals surface area contributed by atoms with E-state index in [0.717, 1.165) is 44.2 Å². The van der Waals surface area contributed by atoms with Crippen LogP contribution in [-0.4, -0.2) is 46.4 Å². The van der Waals surface area contributed by atoms with Gasteiger partial charge in [-0.25, -0.2) is 23.7 Å². The Hall–Kier alpha value is -3.62. The molecule has 3 aromatic rings. The number of nitrogens with two attached hydrogens (primary N) is 1. The second-order valence-electron chi connectivity index (χ2n) is 7.14. The number of hydrogen-bond acceptors (Lipinski definition) is 6. The molecule has 1 saturated heterocycles. The summed E-state index contributed by atoms with van der Waals surface area (Å²) in [4.78, 5) is 24.6. The number of amides is 1. The van der Waals surface area contributed by atoms with Crippen molar-refractivity contribution in [2.75, 3.05) is 31.2 Å². The Morgan fingerprint density at radius 2 is 1.85 bits per heavy atom. The van der Waals surface area contributed by atoms with E-state index >= 15 is 0 Å². The highest BCUT2D eigenvalue weighted by Crippen LogP contribution is 2.25. The molecule has 0 spiro atoms. The SMILES string of the molecule is CC.CNc1nc(-c2ccc(F)cc2F)ccc1N.O=CN1CC(CCc2ncccn2)C1. The van der Waals surface area contributed by atoms with Crippen molar-refractivity contribution in [2.24, 2.45) is 5.92 Å². The van der Waals surface area contributed by atoms with Gasteiger partial charge in [0, 0.05) is 50.6 Å². The van der Waals surface area contributed by atoms with Crippen molar-refractivity contribution in [1.29, 1.82) is 0 Å². The average molecular weight is 457 g/mol. The number of aromatic nitrogens is 3. The van der Waals surface area contributed by atoms with Gasteiger partial charge >= 0.3 is 0 Å². The van der Waals surface area contributed by atoms with Crippen molar-refractivity contribution in [3.05, 3.63) is 66.3 Å². The zero-order valence-electron chi connectivity index (χ0n) is 19.1. The first-order valence-corrected chi connectivity index (χ1v) is 10.8. The third kappa shape index (κ3) is 7.48. The van der Waals surface area contributed by atoms with Crippen LogP contribution in [0.3, 0.4) is 0 Å². The number of nitrogens with zero attached hydrogens (tertiary/aromatic N) is 4. The molecule has 0 saturated carbocycles. The van der Waals surface area contributed by atoms with Gasteiger partial charge < -0.3 is 16.0 Å². The molecular weight excluding hydrogens is 426 g/mol. The minimum absolute atomic E-state index is 0.239. The van der Waals surface area contributed by atoms with E-state index in [2.05, 4.69) is 20.3 Å². The summed E-state index contributed by atoms with van der Waals surface area (Å²) in [5.74, 6) is 0.743. The molecule has 0 bridgehead atoms. The summed E-state index contributed by atoms with van der Waals surface area (Å²) in [6.45, 7) is 5.80. The van der Waals surface area contributed by atoms with Gasteiger partial charge in [0.05, 0.1) is 11.4 Å². The van der Waals surface area contributed by atoms with Gasteiger partial charge in [-0.1, -0.05) is 13.8 Å². The predicted octanol–water partition coefficient (Wildman–Crippen LogP) is 4.17. The molecule has 1 aliphatic rings. The molecule has 0 atom stereocenters. The first-order chi connectivity index (χ1) is 16.0. The van der Waals surface area contributed by atoms with Gasteiger partial charge in [-0.2, -0.15) is 0 Å². The first kappa shape index (κ1) is 25.6. The lowest BCUT2D eigenvalue weighted by Gasteiger charge is -2.36. The number of halogens is 2. The maximum atomic E-state index is 13.5. The van der Waals surface area contributed by atoms with E-state index in [4.69, 9.17) is 5.73 Å². The minimum Gasteiger partial charge on any atom is -0.396 e. The Morgan fingerprint density at radius 1 is 1.15 bits per heavy atom. The van der Waals surface area contributed by atoms with Crippen LogP contribution in [0.25, 0.3) is 11.3 Å². The fraction of sp³-hybridized carbons (Fsp3) is 0.333. The number of aryl methyl sites for hydroxylation is 1. The van der Waals surface area contributed by atoms with Crippen LogP contribution in [0.4, 0.5) is 20.3 Å². The van der Waals surface area contributed by atoms with Crippen LogP contribution in [0.1, 0.15) is 26.1 Å². The second kappa shape index (κ2) is 13.0. The Kier molecular flexibility index (Phi) is 10.1. The third-order valence-corrected chi connectivity index (χ3v) is 4.90. The monoisotopic (exact) mass is 456 g/mol. The van der Waals surface area contributed by atoms with Crippen molar-refractivity contribution in [3.63, 3.8) is 0 Å². The normalized spacial score (nSPS) is 12.5. The number of likely N-dealkylation sites (tertiary alicyclic amines) is 1. The van der Waals surface area contributed by atoms with Crippen LogP contribution >= 0.6 is 0 Å². The van der Waals surface area contributed by atoms with Gasteiger partial charge in [-0.3, -0.25) is 4.79 Å². The molecule has 0 aliphatic carbocycles. The molecule has 9 heteroatoms. The molecule has 0 unspecified atom stereocenters. The van der Waals surface area contributed by atoms with Crippen molar-refractivity contribution < 1.29 is 13.6 Å². The number of nitrogen functional groups attached to an aromatic ring is 1. The van der Waals surface area contributed by atoms with E-state index in [1.165, 1.54) is 12.1 Å². The Bertz CT molecular complexity index is 1010. The minimum atomic E-state index is -0.649. The summed E-state index contributed by atoms with van der Waals surface area (Å²) < 4.78 is 26.3. The number of pyridine rings is 1. The predicted molar refractivity (Wildman–Crippen MR) is 126 cm³/mol. The number of carbonyl (C=O) groups excluding carboxylic acids is 1. The van der Waals surface area contributed by atoms with Crippen molar-refractivity contribution in [1.82, 2.24) is 19.9 Å². The van der Waals surface area contributed by atoms with Crippen LogP contribution in [0.5, 0.6) is 0 Å². The zero-order chi connectivity index (χ0) is 24.2. The fourth-order valence-corrected chi connectivity index (χ4v) is 3.19. The van der Waals surface area contributed by atoms with Crippen LogP contribution < -0.4 is 11.1 Å². The molecular formula is C24H30F2N6O. The first-order valence-electron chi connectivity index (χ1n) is 10.8. The quantitative estimate of drug-likeness (QED) is 0.540. The lowest BCUT2D eigenvalue weighted by molar-refractivity contribution is -0.123. The highest BCUT2D eigenvalue weighted by atomic mass is 19.1. The molecule has 1 amide bonds. The van der Waals surface area contributed by atoms with E-state index in [-0.39, 0.29) is 5.56 Å². The van der Waals surface area contributed by atoms with Gasteiger partial charge in [0.1, 0.15) is 23.3 Å². The molecule has 4 rings (SSSR count). The molecule has 1 aromatic carbocycles. The van der Waals surface area contributed by atoms with Crippen LogP contribution in [0.2, 0.25) is 0 Å². The Morgan fingerprint density at radius 3 is 2.45 bits per heavy atom. The molecule has 3 N–H and O–H groups in total. The van der Waals surface area contributed by atoms with Gasteiger partial charge in [0.25, 0.3) is 0 Å². The van der Waals surface area contributed by atoms with Gasteiger partial charge in [-0.15, -0.1) is 0 Å². The Balaban J connectivity index is 0.000000221. The smallest absolute Gasteiger partial charge is 0.209 e. The molecule has 1 fully saturated rings. The van der Waals surface area contributed by atoms with Gasteiger partial charge in [0.15, 0.2) is 0 Å². The number of carbonyl (C=O) groups is 1. The summed E-state index contributed by atoms with van der Waals surface area (Å²) in [5.41, 5.74) is 6.78. The average Bonchev–Trinajstić information content (AvgIpc) is 2.81. The van der Waals surface area contributed by atoms with Gasteiger partial charge in [-0.05, 0) is 42.7 Å². The van der Waals surface area contributed by atoms with E-state index < -0.39 is 11.6 Å². The maximum absolute atomic E-state index is 13.5. The molecule has 33 heavy (non-hydrogen) atoms. The molecule has 176 valence electrons. The highest BCUT2D eigenvalue weighted by Gasteiger charge is 2.24. The lowest BCUT2D eigenvalue weighted by atomic mass is 9.95. The number of benzene rings is 1. The standard InChI is InChI=1S/C12H11F2N3.C10H13N3O.C2H6/c1-16-12-10(15)4-5-11(17-12)8-3-2-7(13)6-9(8)14;14-8-13-6-9(7-13)2-3-10-11-4-1-5-12-10;1-2/h2-6H,15H2,1H3,(H,16,17);1,4-5,8-9H,2-3,6-7H2;1-2H3. The van der Waals surface area contributed by atoms with E-state index in [1.54, 1.807) is 36.5 Å². The number of rotatable bonds is 6. The van der Waals surface area contributed by atoms with Crippen molar-refractivity contribution >= 4 is 17.9 Å². The molecule has 7 nitrogen and oxygen atoms in total. The molecule has 0 radical (unpaired) electrons. The number of hydrogen-bond donors (Lipinski definition) is 2. The summed E-state index contributed by atoms with van der Waals surface area (Å²) in [7, 11) is 1.67. The van der Waals surface area contributed by atoms with Crippen LogP contribution in [-0.2, 0) is 11.2 Å². The topological polar surface area (TPSA) is 97.0 Å². The number of anilines is 2. The largest absolute Gasteiger partial charge is 0.396 e. The van der Waals surface area contributed by atoms with Crippen LogP contribution in [0.15, 0.2) is 48.8 Å². The summed E-state index contributed by atoms with van der Waals surface area (Å²) in [6, 6.07) is 8.40. The summed E-state index contributed by atoms with van der Waals surface area (Å²) >= 11 is 0. The van der Waals surface area contributed by atoms with E-state index in [9.17, 15) is 13.6 Å². The maximum Gasteiger partial charge on any atom is 0.209 e. The summed E-state index contributed by atoms with van der Waals surface area (Å²) in [6.07, 6.45) is 6.43. The molecule has 2 aromatic heterocycles. The fourth-order valence-electron chi connectivity index (χ4n) is 3.19.